The third-order valence-corrected chi connectivity index (χ3v) is 20.2. The Bertz CT molecular complexity index is 1490. The van der Waals surface area contributed by atoms with Gasteiger partial charge in [0.25, 0.3) is 0 Å². The quantitative estimate of drug-likeness (QED) is 0.157. The van der Waals surface area contributed by atoms with Crippen molar-refractivity contribution in [1.82, 2.24) is 0 Å². The van der Waals surface area contributed by atoms with Gasteiger partial charge in [0.15, 0.2) is 0 Å². The topological polar surface area (TPSA) is 127 Å². The van der Waals surface area contributed by atoms with Gasteiger partial charge in [-0.15, -0.1) is 0 Å². The van der Waals surface area contributed by atoms with Crippen LogP contribution in [-0.2, 0) is 28.7 Å². The molecule has 2 spiro atoms. The minimum absolute atomic E-state index is 0.00488. The van der Waals surface area contributed by atoms with E-state index in [9.17, 15) is 29.4 Å². The second-order valence-corrected chi connectivity index (χ2v) is 23.2. The third-order valence-electron chi connectivity index (χ3n) is 20.2. The van der Waals surface area contributed by atoms with Gasteiger partial charge in [-0.25, -0.2) is 0 Å². The lowest BCUT2D eigenvalue weighted by Crippen LogP contribution is -2.58. The van der Waals surface area contributed by atoms with Crippen molar-refractivity contribution in [2.45, 2.75) is 208 Å². The van der Waals surface area contributed by atoms with Crippen molar-refractivity contribution in [3.05, 3.63) is 0 Å². The molecule has 0 aliphatic heterocycles. The van der Waals surface area contributed by atoms with E-state index in [-0.39, 0.29) is 68.5 Å². The number of carboxylic acids is 2. The van der Waals surface area contributed by atoms with E-state index in [1.54, 1.807) is 0 Å². The Hall–Kier alpha value is -2.12. The minimum atomic E-state index is -0.638. The molecular weight excluding hydrogens is 705 g/mol. The Balaban J connectivity index is 0.782. The molecule has 0 aromatic heterocycles. The van der Waals surface area contributed by atoms with Crippen molar-refractivity contribution in [1.29, 1.82) is 0 Å². The van der Waals surface area contributed by atoms with Crippen LogP contribution in [0.3, 0.4) is 0 Å². The minimum Gasteiger partial charge on any atom is -0.481 e. The van der Waals surface area contributed by atoms with Gasteiger partial charge < -0.3 is 19.7 Å². The number of unbranched alkanes of at least 4 members (excludes halogenated alkanes) is 3. The summed E-state index contributed by atoms with van der Waals surface area (Å²) in [4.78, 5) is 51.6. The summed E-state index contributed by atoms with van der Waals surface area (Å²) < 4.78 is 12.7. The first-order valence-corrected chi connectivity index (χ1v) is 23.1. The predicted octanol–water partition coefficient (Wildman–Crippen LogP) is 10.9. The monoisotopic (exact) mass is 779 g/mol. The van der Waals surface area contributed by atoms with Crippen molar-refractivity contribution in [2.24, 2.45) is 67.0 Å². The van der Waals surface area contributed by atoms with Crippen LogP contribution in [0, 0.1) is 67.0 Å². The Morgan fingerprint density at radius 1 is 0.500 bits per heavy atom. The lowest BCUT2D eigenvalue weighted by molar-refractivity contribution is -0.183. The maximum absolute atomic E-state index is 13.3. The molecule has 314 valence electrons. The molecule has 0 heterocycles. The summed E-state index contributed by atoms with van der Waals surface area (Å²) in [5, 5.41) is 20.6. The highest BCUT2D eigenvalue weighted by molar-refractivity contribution is 5.75. The van der Waals surface area contributed by atoms with E-state index >= 15 is 0 Å². The molecule has 8 heteroatoms. The van der Waals surface area contributed by atoms with E-state index in [2.05, 4.69) is 27.7 Å². The van der Waals surface area contributed by atoms with E-state index in [0.29, 0.717) is 24.7 Å². The van der Waals surface area contributed by atoms with Gasteiger partial charge in [-0.2, -0.15) is 0 Å². The molecule has 0 aromatic rings. The first-order chi connectivity index (χ1) is 26.3. The molecule has 8 nitrogen and oxygen atoms in total. The zero-order valence-corrected chi connectivity index (χ0v) is 35.8. The maximum atomic E-state index is 13.3. The summed E-state index contributed by atoms with van der Waals surface area (Å²) in [5.41, 5.74) is -0.887. The number of rotatable bonds is 11. The van der Waals surface area contributed by atoms with Crippen LogP contribution in [0.25, 0.3) is 0 Å². The molecule has 0 aromatic carbocycles. The van der Waals surface area contributed by atoms with Crippen LogP contribution in [0.15, 0.2) is 0 Å². The molecule has 0 saturated heterocycles. The smallest absolute Gasteiger partial charge is 0.309 e. The fourth-order valence-electron chi connectivity index (χ4n) is 17.6. The molecule has 8 aliphatic rings. The van der Waals surface area contributed by atoms with Crippen molar-refractivity contribution in [3.63, 3.8) is 0 Å². The van der Waals surface area contributed by atoms with E-state index in [1.165, 1.54) is 0 Å². The molecule has 2 N–H and O–H groups in total. The van der Waals surface area contributed by atoms with Crippen LogP contribution in [0.2, 0.25) is 0 Å². The number of esters is 2. The molecule has 0 radical (unpaired) electrons. The Kier molecular flexibility index (Phi) is 9.95. The van der Waals surface area contributed by atoms with Crippen molar-refractivity contribution in [3.8, 4) is 0 Å². The van der Waals surface area contributed by atoms with Gasteiger partial charge in [-0.05, 0) is 175 Å². The molecule has 8 fully saturated rings. The van der Waals surface area contributed by atoms with E-state index in [4.69, 9.17) is 9.47 Å². The lowest BCUT2D eigenvalue weighted by Gasteiger charge is -2.63. The van der Waals surface area contributed by atoms with Gasteiger partial charge >= 0.3 is 23.9 Å². The average Bonchev–Trinajstić information content (AvgIpc) is 3.44. The van der Waals surface area contributed by atoms with Crippen LogP contribution >= 0.6 is 0 Å². The molecule has 8 rings (SSSR count). The fourth-order valence-corrected chi connectivity index (χ4v) is 17.6. The number of fused-ring (bicyclic) bond motifs is 6. The normalized spacial score (nSPS) is 50.1. The van der Waals surface area contributed by atoms with Crippen molar-refractivity contribution >= 4 is 23.9 Å². The third kappa shape index (κ3) is 6.06. The molecule has 0 amide bonds. The fraction of sp³-hybridized carbons (Fsp3) is 0.917. The van der Waals surface area contributed by atoms with Crippen LogP contribution in [0.4, 0.5) is 0 Å². The summed E-state index contributed by atoms with van der Waals surface area (Å²) in [5.74, 6) is 0.0115. The summed E-state index contributed by atoms with van der Waals surface area (Å²) in [6.07, 6.45) is 22.2. The second kappa shape index (κ2) is 13.7. The zero-order chi connectivity index (χ0) is 40.2. The molecule has 4 bridgehead atoms. The average molecular weight is 779 g/mol. The van der Waals surface area contributed by atoms with Gasteiger partial charge in [0.1, 0.15) is 12.2 Å². The van der Waals surface area contributed by atoms with Gasteiger partial charge in [0.05, 0.1) is 10.8 Å². The standard InChI is InChI=1S/C48H74O8/c1-41-23-15-33-43(3)19-11-21-45(5,39(51)52)31(43)17-25-47(33,29-41)27-35(41)55-37(49)13-9-7-8-10-14-38(50)56-36-28-48-26-18-32-44(4,20-12-22-46(32,6)40(53)54)34(48)16-24-42(36,2)30-48/h31-36H,7-30H2,1-6H3,(H,51,52)(H,53,54)/t31-,32+,33-,34+,35+,36-,41-,42+,43+,44-,45+,46-,47-,48+. The molecular formula is C48H74O8. The van der Waals surface area contributed by atoms with Crippen molar-refractivity contribution in [2.75, 3.05) is 0 Å². The number of carbonyl (C=O) groups is 4. The van der Waals surface area contributed by atoms with Crippen LogP contribution in [0.5, 0.6) is 0 Å². The Labute approximate surface area is 336 Å². The van der Waals surface area contributed by atoms with Crippen LogP contribution in [0.1, 0.15) is 196 Å². The molecule has 0 unspecified atom stereocenters. The number of hydrogen-bond donors (Lipinski definition) is 2. The number of aliphatic carboxylic acids is 2. The summed E-state index contributed by atoms with van der Waals surface area (Å²) in [7, 11) is 0. The van der Waals surface area contributed by atoms with Gasteiger partial charge in [0.2, 0.25) is 0 Å². The predicted molar refractivity (Wildman–Crippen MR) is 213 cm³/mol. The highest BCUT2D eigenvalue weighted by Crippen LogP contribution is 2.76. The summed E-state index contributed by atoms with van der Waals surface area (Å²) in [6.45, 7) is 13.5. The maximum Gasteiger partial charge on any atom is 0.309 e. The Morgan fingerprint density at radius 2 is 0.875 bits per heavy atom. The molecule has 14 atom stereocenters. The highest BCUT2D eigenvalue weighted by atomic mass is 16.5. The van der Waals surface area contributed by atoms with Gasteiger partial charge in [-0.3, -0.25) is 19.2 Å². The molecule has 56 heavy (non-hydrogen) atoms. The molecule has 8 saturated carbocycles. The first kappa shape index (κ1) is 40.7. The summed E-state index contributed by atoms with van der Waals surface area (Å²) in [6, 6.07) is 0. The van der Waals surface area contributed by atoms with Gasteiger partial charge in [0, 0.05) is 23.7 Å². The van der Waals surface area contributed by atoms with Crippen molar-refractivity contribution < 1.29 is 38.9 Å². The number of ether oxygens (including phenoxy) is 2. The SMILES string of the molecule is C[C@]12CC[C@H]3[C@](CC[C@@H]4[C@]3(C)CCC[C@]4(C)C(=O)O)(C[C@@H]1OC(=O)CCCCCCC(=O)O[C@@H]1C[C@]34CC[C@H]5[C@@](C)(CCC[C@@]5(C)C(=O)O)[C@@H]3CC[C@@]1(C)C4)C2. The van der Waals surface area contributed by atoms with Gasteiger partial charge in [-0.1, -0.05) is 53.4 Å². The zero-order valence-electron chi connectivity index (χ0n) is 35.8. The second-order valence-electron chi connectivity index (χ2n) is 23.2. The molecule has 8 aliphatic carbocycles. The number of hydrogen-bond acceptors (Lipinski definition) is 6. The summed E-state index contributed by atoms with van der Waals surface area (Å²) >= 11 is 0. The Morgan fingerprint density at radius 3 is 1.25 bits per heavy atom. The van der Waals surface area contributed by atoms with E-state index in [1.807, 2.05) is 13.8 Å². The van der Waals surface area contributed by atoms with E-state index < -0.39 is 22.8 Å². The number of carbonyl (C=O) groups excluding carboxylic acids is 2. The lowest BCUT2D eigenvalue weighted by atomic mass is 9.40. The van der Waals surface area contributed by atoms with Crippen LogP contribution < -0.4 is 0 Å². The van der Waals surface area contributed by atoms with E-state index in [0.717, 1.165) is 141 Å². The highest BCUT2D eigenvalue weighted by Gasteiger charge is 2.70. The largest absolute Gasteiger partial charge is 0.481 e. The van der Waals surface area contributed by atoms with Crippen LogP contribution in [-0.4, -0.2) is 46.3 Å². The first-order valence-electron chi connectivity index (χ1n) is 23.1. The number of carboxylic acid groups (broad SMARTS) is 2.